The molecule has 8 rings (SSSR count). The fourth-order valence-corrected chi connectivity index (χ4v) is 7.35. The van der Waals surface area contributed by atoms with Crippen molar-refractivity contribution in [3.63, 3.8) is 0 Å². The average molecular weight is 661 g/mol. The second kappa shape index (κ2) is 13.6. The van der Waals surface area contributed by atoms with Crippen LogP contribution in [-0.4, -0.2) is 19.9 Å². The van der Waals surface area contributed by atoms with Crippen LogP contribution in [0.2, 0.25) is 0 Å². The molecule has 51 heavy (non-hydrogen) atoms. The van der Waals surface area contributed by atoms with Crippen molar-refractivity contribution in [2.45, 2.75) is 32.6 Å². The molecule has 2 aliphatic heterocycles. The van der Waals surface area contributed by atoms with Crippen LogP contribution in [0.25, 0.3) is 79.8 Å². The van der Waals surface area contributed by atoms with E-state index in [-0.39, 0.29) is 5.92 Å². The molecule has 5 heterocycles. The first kappa shape index (κ1) is 32.0. The molecule has 0 spiro atoms. The largest absolute Gasteiger partial charge is 0.355 e. The smallest absolute Gasteiger partial charge is 0.0737 e. The molecule has 0 amide bonds. The molecule has 3 aromatic carbocycles. The van der Waals surface area contributed by atoms with Crippen LogP contribution in [0.1, 0.15) is 58.2 Å². The van der Waals surface area contributed by atoms with E-state index in [0.29, 0.717) is 0 Å². The number of nitrogens with zero attached hydrogens (tertiary/aromatic N) is 2. The van der Waals surface area contributed by atoms with E-state index in [0.717, 1.165) is 96.6 Å². The summed E-state index contributed by atoms with van der Waals surface area (Å²) in [4.78, 5) is 18.5. The summed E-state index contributed by atoms with van der Waals surface area (Å²) >= 11 is 0. The monoisotopic (exact) mass is 660 g/mol. The Morgan fingerprint density at radius 2 is 0.882 bits per heavy atom. The van der Waals surface area contributed by atoms with Crippen LogP contribution < -0.4 is 0 Å². The Balaban J connectivity index is 1.57. The topological polar surface area (TPSA) is 57.4 Å². The number of nitrogens with one attached hydrogen (secondary N) is 2. The van der Waals surface area contributed by atoms with Crippen LogP contribution in [0.4, 0.5) is 0 Å². The molecule has 248 valence electrons. The number of fused-ring (bicyclic) bond motifs is 8. The highest BCUT2D eigenvalue weighted by molar-refractivity contribution is 5.97. The van der Waals surface area contributed by atoms with Gasteiger partial charge in [0, 0.05) is 44.3 Å². The van der Waals surface area contributed by atoms with Crippen molar-refractivity contribution in [2.75, 3.05) is 0 Å². The highest BCUT2D eigenvalue weighted by Gasteiger charge is 2.21. The first-order chi connectivity index (χ1) is 25.0. The van der Waals surface area contributed by atoms with Crippen molar-refractivity contribution in [2.24, 2.45) is 0 Å². The van der Waals surface area contributed by atoms with E-state index in [9.17, 15) is 0 Å². The summed E-state index contributed by atoms with van der Waals surface area (Å²) in [6.45, 7) is 12.5. The Morgan fingerprint density at radius 3 is 1.35 bits per heavy atom. The van der Waals surface area contributed by atoms with E-state index in [1.54, 1.807) is 0 Å². The summed E-state index contributed by atoms with van der Waals surface area (Å²) in [6, 6.07) is 36.6. The third kappa shape index (κ3) is 6.10. The second-order valence-electron chi connectivity index (χ2n) is 13.4. The molecule has 3 aromatic heterocycles. The molecule has 6 aromatic rings. The number of allylic oxidation sites excluding steroid dienone is 2. The van der Waals surface area contributed by atoms with Crippen LogP contribution in [0.3, 0.4) is 0 Å². The van der Waals surface area contributed by atoms with Crippen molar-refractivity contribution >= 4 is 46.4 Å². The maximum atomic E-state index is 5.42. The molecule has 0 aliphatic carbocycles. The Morgan fingerprint density at radius 1 is 0.490 bits per heavy atom. The van der Waals surface area contributed by atoms with Gasteiger partial charge in [-0.25, -0.2) is 9.97 Å². The highest BCUT2D eigenvalue weighted by atomic mass is 14.8. The zero-order valence-electron chi connectivity index (χ0n) is 29.1. The Labute approximate surface area is 299 Å². The summed E-state index contributed by atoms with van der Waals surface area (Å²) in [5.74, 6) is 0.141. The van der Waals surface area contributed by atoms with Crippen LogP contribution in [-0.2, 0) is 0 Å². The number of aromatic nitrogens is 4. The molecule has 0 fully saturated rings. The van der Waals surface area contributed by atoms with Gasteiger partial charge in [0.1, 0.15) is 0 Å². The van der Waals surface area contributed by atoms with Crippen LogP contribution in [0, 0.1) is 13.8 Å². The number of aryl methyl sites for hydroxylation is 2. The molecule has 2 N–H and O–H groups in total. The lowest BCUT2D eigenvalue weighted by molar-refractivity contribution is 0.714. The first-order valence-corrected chi connectivity index (χ1v) is 17.6. The van der Waals surface area contributed by atoms with E-state index < -0.39 is 0 Å². The number of aromatic amines is 2. The van der Waals surface area contributed by atoms with E-state index in [1.807, 2.05) is 12.2 Å². The number of benzene rings is 3. The third-order valence-electron chi connectivity index (χ3n) is 9.85. The van der Waals surface area contributed by atoms with Crippen molar-refractivity contribution in [1.29, 1.82) is 0 Å². The molecule has 8 bridgehead atoms. The van der Waals surface area contributed by atoms with Crippen LogP contribution in [0.15, 0.2) is 128 Å². The minimum Gasteiger partial charge on any atom is -0.355 e. The maximum absolute atomic E-state index is 5.42. The molecule has 0 saturated carbocycles. The standard InChI is InChI=1S/C47H40N4/c1-5-10-32(11-6-2)44-36-22-26-40(48-36)46(34-18-14-30(3)15-19-34)42-28-24-38(50-42)45(33-12-8-7-9-13-33)39-25-29-43(51-39)47(41-27-23-37(44)49-41)35-20-16-31(4)17-21-35/h5-9,12-29,32,48,51H,1-2,10-11H2,3-4H3. The van der Waals surface area contributed by atoms with Gasteiger partial charge in [-0.15, -0.1) is 13.2 Å². The van der Waals surface area contributed by atoms with E-state index in [1.165, 1.54) is 11.1 Å². The minimum absolute atomic E-state index is 0.141. The number of hydrogen-bond donors (Lipinski definition) is 2. The summed E-state index contributed by atoms with van der Waals surface area (Å²) < 4.78 is 0. The van der Waals surface area contributed by atoms with Gasteiger partial charge in [-0.2, -0.15) is 0 Å². The lowest BCUT2D eigenvalue weighted by Gasteiger charge is -2.15. The van der Waals surface area contributed by atoms with Gasteiger partial charge in [-0.3, -0.25) is 0 Å². The number of rotatable bonds is 8. The summed E-state index contributed by atoms with van der Waals surface area (Å²) in [5.41, 5.74) is 17.7. The molecule has 4 nitrogen and oxygen atoms in total. The van der Waals surface area contributed by atoms with Gasteiger partial charge in [0.15, 0.2) is 0 Å². The normalized spacial score (nSPS) is 12.1. The van der Waals surface area contributed by atoms with E-state index in [4.69, 9.17) is 9.97 Å². The highest BCUT2D eigenvalue weighted by Crippen LogP contribution is 2.38. The summed E-state index contributed by atoms with van der Waals surface area (Å²) in [5, 5.41) is 0. The number of H-pyrrole nitrogens is 2. The molecule has 4 heteroatoms. The van der Waals surface area contributed by atoms with Crippen molar-refractivity contribution in [3.8, 4) is 33.4 Å². The van der Waals surface area contributed by atoms with Crippen LogP contribution in [0.5, 0.6) is 0 Å². The fraction of sp³-hybridized carbons (Fsp3) is 0.106. The zero-order chi connectivity index (χ0) is 34.9. The average Bonchev–Trinajstić information content (AvgIpc) is 3.98. The van der Waals surface area contributed by atoms with Gasteiger partial charge < -0.3 is 9.97 Å². The molecule has 0 atom stereocenters. The fourth-order valence-electron chi connectivity index (χ4n) is 7.35. The maximum Gasteiger partial charge on any atom is 0.0737 e. The SMILES string of the molecule is C=CCC(CC=C)c1c2nc(c(-c3ccc(C)cc3)c3ccc([nH]3)c(-c3ccccc3)c3nc(c(-c4ccc(C)cc4)c4ccc1[nH]4)C=C3)C=C2. The lowest BCUT2D eigenvalue weighted by atomic mass is 9.91. The molecule has 0 unspecified atom stereocenters. The zero-order valence-corrected chi connectivity index (χ0v) is 29.1. The molecule has 0 radical (unpaired) electrons. The van der Waals surface area contributed by atoms with Gasteiger partial charge in [-0.05, 0) is 97.9 Å². The Hall–Kier alpha value is -6.26. The predicted octanol–water partition coefficient (Wildman–Crippen LogP) is 12.5. The summed E-state index contributed by atoms with van der Waals surface area (Å²) in [7, 11) is 0. The van der Waals surface area contributed by atoms with E-state index in [2.05, 4.69) is 164 Å². The van der Waals surface area contributed by atoms with Crippen molar-refractivity contribution in [1.82, 2.24) is 19.9 Å². The molecular weight excluding hydrogens is 621 g/mol. The lowest BCUT2D eigenvalue weighted by Crippen LogP contribution is -2.00. The van der Waals surface area contributed by atoms with Gasteiger partial charge in [0.2, 0.25) is 0 Å². The van der Waals surface area contributed by atoms with Gasteiger partial charge in [0.05, 0.1) is 22.8 Å². The van der Waals surface area contributed by atoms with Crippen molar-refractivity contribution < 1.29 is 0 Å². The predicted molar refractivity (Wildman–Crippen MR) is 217 cm³/mol. The molecule has 0 saturated heterocycles. The van der Waals surface area contributed by atoms with Crippen molar-refractivity contribution in [3.05, 3.63) is 168 Å². The quantitative estimate of drug-likeness (QED) is 0.159. The molecule has 2 aliphatic rings. The number of hydrogen-bond acceptors (Lipinski definition) is 2. The Bertz CT molecular complexity index is 2450. The Kier molecular flexibility index (Phi) is 8.51. The minimum atomic E-state index is 0.141. The van der Waals surface area contributed by atoms with Gasteiger partial charge in [0.25, 0.3) is 0 Å². The van der Waals surface area contributed by atoms with Gasteiger partial charge >= 0.3 is 0 Å². The van der Waals surface area contributed by atoms with E-state index >= 15 is 0 Å². The second-order valence-corrected chi connectivity index (χ2v) is 13.4. The molecular formula is C47H40N4. The third-order valence-corrected chi connectivity index (χ3v) is 9.85. The first-order valence-electron chi connectivity index (χ1n) is 17.6. The summed E-state index contributed by atoms with van der Waals surface area (Å²) in [6.07, 6.45) is 14.2. The van der Waals surface area contributed by atoms with Crippen LogP contribution >= 0.6 is 0 Å². The van der Waals surface area contributed by atoms with Gasteiger partial charge in [-0.1, -0.05) is 102 Å².